The molecule has 0 fully saturated rings. The summed E-state index contributed by atoms with van der Waals surface area (Å²) in [6.45, 7) is 10.3. The Balaban J connectivity index is 2.45. The number of hydrogen-bond acceptors (Lipinski definition) is 4. The van der Waals surface area contributed by atoms with Gasteiger partial charge in [0.05, 0.1) is 13.1 Å². The molecule has 1 aromatic heterocycles. The van der Waals surface area contributed by atoms with Crippen LogP contribution >= 0.6 is 0 Å². The van der Waals surface area contributed by atoms with Crippen molar-refractivity contribution in [3.63, 3.8) is 0 Å². The number of nitrogens with zero attached hydrogens (tertiary/aromatic N) is 2. The van der Waals surface area contributed by atoms with E-state index in [1.54, 1.807) is 0 Å². The first kappa shape index (κ1) is 16.2. The van der Waals surface area contributed by atoms with Crippen molar-refractivity contribution >= 4 is 0 Å². The SMILES string of the molecule is CCCN(CCN(C)C)Cc1ccc(CNCC)o1. The van der Waals surface area contributed by atoms with E-state index in [9.17, 15) is 0 Å². The molecule has 0 atom stereocenters. The molecule has 0 bridgehead atoms. The molecule has 1 heterocycles. The maximum absolute atomic E-state index is 5.85. The molecule has 0 amide bonds. The van der Waals surface area contributed by atoms with E-state index < -0.39 is 0 Å². The fraction of sp³-hybridized carbons (Fsp3) is 0.733. The number of nitrogens with one attached hydrogen (secondary N) is 1. The summed E-state index contributed by atoms with van der Waals surface area (Å²) in [5.41, 5.74) is 0. The summed E-state index contributed by atoms with van der Waals surface area (Å²) in [6, 6.07) is 4.18. The van der Waals surface area contributed by atoms with Gasteiger partial charge in [-0.3, -0.25) is 4.90 Å². The van der Waals surface area contributed by atoms with E-state index in [-0.39, 0.29) is 0 Å². The fourth-order valence-corrected chi connectivity index (χ4v) is 2.00. The first-order valence-corrected chi connectivity index (χ1v) is 7.31. The van der Waals surface area contributed by atoms with E-state index >= 15 is 0 Å². The van der Waals surface area contributed by atoms with Crippen molar-refractivity contribution in [1.82, 2.24) is 15.1 Å². The second kappa shape index (κ2) is 9.13. The molecule has 1 rings (SSSR count). The third kappa shape index (κ3) is 6.76. The molecule has 0 aliphatic carbocycles. The molecule has 0 radical (unpaired) electrons. The van der Waals surface area contributed by atoms with Crippen molar-refractivity contribution in [2.24, 2.45) is 0 Å². The van der Waals surface area contributed by atoms with Crippen molar-refractivity contribution in [1.29, 1.82) is 0 Å². The Morgan fingerprint density at radius 3 is 2.42 bits per heavy atom. The van der Waals surface area contributed by atoms with Gasteiger partial charge >= 0.3 is 0 Å². The summed E-state index contributed by atoms with van der Waals surface area (Å²) in [5, 5.41) is 3.28. The molecule has 4 nitrogen and oxygen atoms in total. The van der Waals surface area contributed by atoms with E-state index in [0.717, 1.165) is 50.8 Å². The fourth-order valence-electron chi connectivity index (χ4n) is 2.00. The van der Waals surface area contributed by atoms with Crippen molar-refractivity contribution in [3.8, 4) is 0 Å². The third-order valence-corrected chi connectivity index (χ3v) is 3.05. The maximum atomic E-state index is 5.85. The summed E-state index contributed by atoms with van der Waals surface area (Å²) in [5.74, 6) is 2.10. The second-order valence-electron chi connectivity index (χ2n) is 5.23. The summed E-state index contributed by atoms with van der Waals surface area (Å²) < 4.78 is 5.85. The molecule has 0 unspecified atom stereocenters. The van der Waals surface area contributed by atoms with Crippen LogP contribution in [-0.4, -0.2) is 50.1 Å². The zero-order valence-electron chi connectivity index (χ0n) is 12.9. The molecule has 0 aliphatic heterocycles. The minimum absolute atomic E-state index is 0.821. The average molecular weight is 267 g/mol. The van der Waals surface area contributed by atoms with Crippen molar-refractivity contribution in [3.05, 3.63) is 23.7 Å². The minimum atomic E-state index is 0.821. The van der Waals surface area contributed by atoms with Gasteiger partial charge < -0.3 is 14.6 Å². The van der Waals surface area contributed by atoms with E-state index in [1.165, 1.54) is 6.42 Å². The monoisotopic (exact) mass is 267 g/mol. The highest BCUT2D eigenvalue weighted by atomic mass is 16.3. The minimum Gasteiger partial charge on any atom is -0.463 e. The molecule has 1 N–H and O–H groups in total. The lowest BCUT2D eigenvalue weighted by Gasteiger charge is -2.22. The molecular formula is C15H29N3O. The van der Waals surface area contributed by atoms with Crippen LogP contribution in [0.3, 0.4) is 0 Å². The molecule has 0 aliphatic rings. The first-order chi connectivity index (χ1) is 9.15. The molecule has 110 valence electrons. The summed E-state index contributed by atoms with van der Waals surface area (Å²) >= 11 is 0. The Bertz CT molecular complexity index is 336. The van der Waals surface area contributed by atoms with Crippen molar-refractivity contribution in [2.75, 3.05) is 40.3 Å². The maximum Gasteiger partial charge on any atom is 0.118 e. The molecule has 0 saturated heterocycles. The summed E-state index contributed by atoms with van der Waals surface area (Å²) in [6.07, 6.45) is 1.18. The smallest absolute Gasteiger partial charge is 0.118 e. The van der Waals surface area contributed by atoms with Crippen LogP contribution in [0.15, 0.2) is 16.5 Å². The lowest BCUT2D eigenvalue weighted by molar-refractivity contribution is 0.216. The van der Waals surface area contributed by atoms with E-state index in [1.807, 2.05) is 0 Å². The van der Waals surface area contributed by atoms with Gasteiger partial charge in [-0.25, -0.2) is 0 Å². The van der Waals surface area contributed by atoms with Gasteiger partial charge in [0.25, 0.3) is 0 Å². The molecular weight excluding hydrogens is 238 g/mol. The van der Waals surface area contributed by atoms with Crippen LogP contribution in [0.2, 0.25) is 0 Å². The van der Waals surface area contributed by atoms with Crippen LogP contribution in [0.4, 0.5) is 0 Å². The van der Waals surface area contributed by atoms with E-state index in [4.69, 9.17) is 4.42 Å². The highest BCUT2D eigenvalue weighted by Gasteiger charge is 2.09. The number of rotatable bonds is 10. The topological polar surface area (TPSA) is 31.6 Å². The van der Waals surface area contributed by atoms with Gasteiger partial charge in [-0.2, -0.15) is 0 Å². The van der Waals surface area contributed by atoms with Gasteiger partial charge in [-0.15, -0.1) is 0 Å². The van der Waals surface area contributed by atoms with Crippen LogP contribution in [0.25, 0.3) is 0 Å². The Morgan fingerprint density at radius 1 is 1.05 bits per heavy atom. The van der Waals surface area contributed by atoms with Gasteiger partial charge in [-0.1, -0.05) is 13.8 Å². The Kier molecular flexibility index (Phi) is 7.79. The van der Waals surface area contributed by atoms with Gasteiger partial charge in [0.2, 0.25) is 0 Å². The van der Waals surface area contributed by atoms with Crippen molar-refractivity contribution in [2.45, 2.75) is 33.4 Å². The number of hydrogen-bond donors (Lipinski definition) is 1. The third-order valence-electron chi connectivity index (χ3n) is 3.05. The molecule has 1 aromatic rings. The van der Waals surface area contributed by atoms with Crippen molar-refractivity contribution < 1.29 is 4.42 Å². The number of furan rings is 1. The normalized spacial score (nSPS) is 11.7. The second-order valence-corrected chi connectivity index (χ2v) is 5.23. The Morgan fingerprint density at radius 2 is 1.79 bits per heavy atom. The van der Waals surface area contributed by atoms with Crippen LogP contribution in [0.5, 0.6) is 0 Å². The lowest BCUT2D eigenvalue weighted by atomic mass is 10.3. The van der Waals surface area contributed by atoms with Crippen LogP contribution in [0.1, 0.15) is 31.8 Å². The predicted octanol–water partition coefficient (Wildman–Crippen LogP) is 2.16. The molecule has 0 aromatic carbocycles. The lowest BCUT2D eigenvalue weighted by Crippen LogP contribution is -2.31. The van der Waals surface area contributed by atoms with Gasteiger partial charge in [0.1, 0.15) is 11.5 Å². The summed E-state index contributed by atoms with van der Waals surface area (Å²) in [7, 11) is 4.23. The van der Waals surface area contributed by atoms with Crippen LogP contribution in [0, 0.1) is 0 Å². The molecule has 4 heteroatoms. The predicted molar refractivity (Wildman–Crippen MR) is 80.2 cm³/mol. The van der Waals surface area contributed by atoms with E-state index in [0.29, 0.717) is 0 Å². The largest absolute Gasteiger partial charge is 0.463 e. The Labute approximate surface area is 117 Å². The number of likely N-dealkylation sites (N-methyl/N-ethyl adjacent to an activating group) is 1. The molecule has 19 heavy (non-hydrogen) atoms. The zero-order chi connectivity index (χ0) is 14.1. The average Bonchev–Trinajstić information content (AvgIpc) is 2.81. The van der Waals surface area contributed by atoms with Gasteiger partial charge in [0, 0.05) is 13.1 Å². The van der Waals surface area contributed by atoms with Gasteiger partial charge in [0.15, 0.2) is 0 Å². The highest BCUT2D eigenvalue weighted by molar-refractivity contribution is 5.07. The quantitative estimate of drug-likeness (QED) is 0.704. The highest BCUT2D eigenvalue weighted by Crippen LogP contribution is 2.11. The van der Waals surface area contributed by atoms with E-state index in [2.05, 4.69) is 55.2 Å². The van der Waals surface area contributed by atoms with Crippen LogP contribution < -0.4 is 5.32 Å². The Hall–Kier alpha value is -0.840. The van der Waals surface area contributed by atoms with Crippen LogP contribution in [-0.2, 0) is 13.1 Å². The standard InChI is InChI=1S/C15H29N3O/c1-5-9-18(11-10-17(3)4)13-15-8-7-14(19-15)12-16-6-2/h7-8,16H,5-6,9-13H2,1-4H3. The molecule has 0 spiro atoms. The summed E-state index contributed by atoms with van der Waals surface area (Å²) in [4.78, 5) is 4.68. The van der Waals surface area contributed by atoms with Gasteiger partial charge in [-0.05, 0) is 45.7 Å². The molecule has 0 saturated carbocycles. The first-order valence-electron chi connectivity index (χ1n) is 7.31. The zero-order valence-corrected chi connectivity index (χ0v) is 12.9.